The summed E-state index contributed by atoms with van der Waals surface area (Å²) in [6.07, 6.45) is 2.85. The largest absolute Gasteiger partial charge is 0.371 e. The number of aldehydes is 1. The normalized spacial score (nSPS) is 16.7. The Morgan fingerprint density at radius 3 is 2.25 bits per heavy atom. The third-order valence-corrected chi connectivity index (χ3v) is 2.92. The van der Waals surface area contributed by atoms with Gasteiger partial charge in [0.2, 0.25) is 0 Å². The van der Waals surface area contributed by atoms with E-state index in [4.69, 9.17) is 0 Å². The average molecular weight is 244 g/mol. The second-order valence-corrected chi connectivity index (χ2v) is 3.94. The summed E-state index contributed by atoms with van der Waals surface area (Å²) >= 11 is 0. The molecule has 1 saturated heterocycles. The summed E-state index contributed by atoms with van der Waals surface area (Å²) in [5.41, 5.74) is 1.04. The summed E-state index contributed by atoms with van der Waals surface area (Å²) in [6.45, 7) is 1.77. The van der Waals surface area contributed by atoms with Crippen LogP contribution in [0.5, 0.6) is 0 Å². The lowest BCUT2D eigenvalue weighted by Crippen LogP contribution is -2.33. The van der Waals surface area contributed by atoms with Gasteiger partial charge in [0, 0.05) is 24.7 Å². The van der Waals surface area contributed by atoms with Crippen molar-refractivity contribution in [1.29, 1.82) is 0 Å². The number of benzene rings is 1. The van der Waals surface area contributed by atoms with Crippen LogP contribution in [-0.4, -0.2) is 19.4 Å². The third kappa shape index (κ3) is 2.95. The standard InChI is InChI=1S/C12H14FNO.ClH/c13-11-1-3-12(4-2-11)14-7-5-10(9-15)6-8-14;/h1-4,9-10H,5-8H2;1H. The summed E-state index contributed by atoms with van der Waals surface area (Å²) in [4.78, 5) is 12.8. The highest BCUT2D eigenvalue weighted by Crippen LogP contribution is 2.22. The van der Waals surface area contributed by atoms with E-state index in [1.807, 2.05) is 0 Å². The predicted octanol–water partition coefficient (Wildman–Crippen LogP) is 2.66. The van der Waals surface area contributed by atoms with Crippen LogP contribution in [-0.2, 0) is 4.79 Å². The molecule has 0 unspecified atom stereocenters. The molecule has 0 saturated carbocycles. The van der Waals surface area contributed by atoms with Crippen LogP contribution in [0.25, 0.3) is 0 Å². The number of carbonyl (C=O) groups is 1. The second kappa shape index (κ2) is 5.85. The average Bonchev–Trinajstić information content (AvgIpc) is 2.30. The fourth-order valence-corrected chi connectivity index (χ4v) is 1.95. The molecule has 88 valence electrons. The van der Waals surface area contributed by atoms with Gasteiger partial charge < -0.3 is 9.69 Å². The Bertz CT molecular complexity index is 333. The molecule has 2 nitrogen and oxygen atoms in total. The van der Waals surface area contributed by atoms with Gasteiger partial charge in [0.05, 0.1) is 0 Å². The highest BCUT2D eigenvalue weighted by atomic mass is 35.5. The van der Waals surface area contributed by atoms with Gasteiger partial charge in [-0.3, -0.25) is 0 Å². The highest BCUT2D eigenvalue weighted by molar-refractivity contribution is 5.85. The molecule has 4 heteroatoms. The van der Waals surface area contributed by atoms with Gasteiger partial charge in [-0.1, -0.05) is 0 Å². The van der Waals surface area contributed by atoms with Gasteiger partial charge >= 0.3 is 0 Å². The third-order valence-electron chi connectivity index (χ3n) is 2.92. The Morgan fingerprint density at radius 2 is 1.75 bits per heavy atom. The molecule has 2 rings (SSSR count). The molecule has 0 aromatic heterocycles. The molecule has 0 bridgehead atoms. The first-order chi connectivity index (χ1) is 7.29. The van der Waals surface area contributed by atoms with E-state index >= 15 is 0 Å². The number of halogens is 2. The van der Waals surface area contributed by atoms with Gasteiger partial charge in [0.15, 0.2) is 0 Å². The molecule has 0 radical (unpaired) electrons. The van der Waals surface area contributed by atoms with Crippen LogP contribution in [0.2, 0.25) is 0 Å². The number of nitrogens with zero attached hydrogens (tertiary/aromatic N) is 1. The number of hydrogen-bond donors (Lipinski definition) is 0. The number of carbonyl (C=O) groups excluding carboxylic acids is 1. The van der Waals surface area contributed by atoms with E-state index < -0.39 is 0 Å². The Kier molecular flexibility index (Phi) is 4.74. The molecule has 0 spiro atoms. The maximum Gasteiger partial charge on any atom is 0.123 e. The molecular weight excluding hydrogens is 229 g/mol. The number of hydrogen-bond acceptors (Lipinski definition) is 2. The molecule has 16 heavy (non-hydrogen) atoms. The van der Waals surface area contributed by atoms with E-state index in [9.17, 15) is 9.18 Å². The summed E-state index contributed by atoms with van der Waals surface area (Å²) in [6, 6.07) is 6.52. The molecule has 1 aromatic carbocycles. The van der Waals surface area contributed by atoms with Gasteiger partial charge in [0.25, 0.3) is 0 Å². The van der Waals surface area contributed by atoms with Crippen molar-refractivity contribution in [3.05, 3.63) is 30.1 Å². The molecule has 1 aliphatic rings. The first-order valence-corrected chi connectivity index (χ1v) is 5.25. The monoisotopic (exact) mass is 243 g/mol. The molecule has 0 N–H and O–H groups in total. The van der Waals surface area contributed by atoms with Crippen molar-refractivity contribution in [2.75, 3.05) is 18.0 Å². The highest BCUT2D eigenvalue weighted by Gasteiger charge is 2.18. The molecule has 1 heterocycles. The molecule has 0 atom stereocenters. The van der Waals surface area contributed by atoms with Crippen molar-refractivity contribution in [3.8, 4) is 0 Å². The summed E-state index contributed by atoms with van der Waals surface area (Å²) in [5, 5.41) is 0. The first-order valence-electron chi connectivity index (χ1n) is 5.25. The molecule has 0 amide bonds. The molecule has 1 fully saturated rings. The van der Waals surface area contributed by atoms with E-state index in [0.717, 1.165) is 37.9 Å². The van der Waals surface area contributed by atoms with Crippen molar-refractivity contribution in [2.45, 2.75) is 12.8 Å². The van der Waals surface area contributed by atoms with Crippen LogP contribution in [0.15, 0.2) is 24.3 Å². The SMILES string of the molecule is Cl.O=CC1CCN(c2ccc(F)cc2)CC1. The Hall–Kier alpha value is -1.09. The van der Waals surface area contributed by atoms with Crippen molar-refractivity contribution in [3.63, 3.8) is 0 Å². The summed E-state index contributed by atoms with van der Waals surface area (Å²) < 4.78 is 12.7. The van der Waals surface area contributed by atoms with Crippen LogP contribution >= 0.6 is 12.4 Å². The Balaban J connectivity index is 0.00000128. The molecule has 1 aliphatic heterocycles. The van der Waals surface area contributed by atoms with Gasteiger partial charge in [-0.25, -0.2) is 4.39 Å². The lowest BCUT2D eigenvalue weighted by Gasteiger charge is -2.31. The van der Waals surface area contributed by atoms with Crippen LogP contribution < -0.4 is 4.90 Å². The fourth-order valence-electron chi connectivity index (χ4n) is 1.95. The number of anilines is 1. The zero-order valence-corrected chi connectivity index (χ0v) is 9.75. The Labute approximate surface area is 101 Å². The topological polar surface area (TPSA) is 20.3 Å². The quantitative estimate of drug-likeness (QED) is 0.745. The minimum absolute atomic E-state index is 0. The van der Waals surface area contributed by atoms with E-state index in [2.05, 4.69) is 4.90 Å². The molecule has 0 aliphatic carbocycles. The van der Waals surface area contributed by atoms with Crippen LogP contribution in [0.1, 0.15) is 12.8 Å². The smallest absolute Gasteiger partial charge is 0.123 e. The van der Waals surface area contributed by atoms with E-state index in [1.54, 1.807) is 12.1 Å². The minimum atomic E-state index is -0.207. The van der Waals surface area contributed by atoms with Crippen molar-refractivity contribution in [1.82, 2.24) is 0 Å². The van der Waals surface area contributed by atoms with Crippen molar-refractivity contribution < 1.29 is 9.18 Å². The zero-order valence-electron chi connectivity index (χ0n) is 8.93. The second-order valence-electron chi connectivity index (χ2n) is 3.94. The predicted molar refractivity (Wildman–Crippen MR) is 64.6 cm³/mol. The van der Waals surface area contributed by atoms with Gasteiger partial charge in [-0.2, -0.15) is 0 Å². The van der Waals surface area contributed by atoms with Gasteiger partial charge in [0.1, 0.15) is 12.1 Å². The van der Waals surface area contributed by atoms with Crippen LogP contribution in [0.3, 0.4) is 0 Å². The van der Waals surface area contributed by atoms with Crippen molar-refractivity contribution >= 4 is 24.4 Å². The Morgan fingerprint density at radius 1 is 1.19 bits per heavy atom. The van der Waals surface area contributed by atoms with Gasteiger partial charge in [-0.05, 0) is 37.1 Å². The summed E-state index contributed by atoms with van der Waals surface area (Å²) in [5.74, 6) is 0.00299. The van der Waals surface area contributed by atoms with Crippen LogP contribution in [0, 0.1) is 11.7 Å². The number of rotatable bonds is 2. The van der Waals surface area contributed by atoms with Crippen molar-refractivity contribution in [2.24, 2.45) is 5.92 Å². The fraction of sp³-hybridized carbons (Fsp3) is 0.417. The number of piperidine rings is 1. The van der Waals surface area contributed by atoms with E-state index in [0.29, 0.717) is 0 Å². The lowest BCUT2D eigenvalue weighted by molar-refractivity contribution is -0.111. The van der Waals surface area contributed by atoms with Crippen LogP contribution in [0.4, 0.5) is 10.1 Å². The first kappa shape index (κ1) is 13.0. The summed E-state index contributed by atoms with van der Waals surface area (Å²) in [7, 11) is 0. The zero-order chi connectivity index (χ0) is 10.7. The maximum atomic E-state index is 12.7. The maximum absolute atomic E-state index is 12.7. The minimum Gasteiger partial charge on any atom is -0.371 e. The molecule has 1 aromatic rings. The van der Waals surface area contributed by atoms with Gasteiger partial charge in [-0.15, -0.1) is 12.4 Å². The van der Waals surface area contributed by atoms with E-state index in [-0.39, 0.29) is 24.1 Å². The molecular formula is C12H15ClFNO. The van der Waals surface area contributed by atoms with E-state index in [1.165, 1.54) is 12.1 Å². The lowest BCUT2D eigenvalue weighted by atomic mass is 9.98.